The molecule has 19 heavy (non-hydrogen) atoms. The van der Waals surface area contributed by atoms with Crippen molar-refractivity contribution in [1.29, 1.82) is 0 Å². The fourth-order valence-electron chi connectivity index (χ4n) is 2.09. The minimum absolute atomic E-state index is 0.00412. The zero-order chi connectivity index (χ0) is 14.4. The van der Waals surface area contributed by atoms with Crippen LogP contribution < -0.4 is 5.12 Å². The molecule has 0 aliphatic heterocycles. The Hall–Kier alpha value is -2.18. The van der Waals surface area contributed by atoms with Crippen LogP contribution in [0.25, 0.3) is 0 Å². The number of hydrazine groups is 2. The third kappa shape index (κ3) is 3.40. The first kappa shape index (κ1) is 14.9. The van der Waals surface area contributed by atoms with E-state index in [0.29, 0.717) is 12.0 Å². The Bertz CT molecular complexity index is 462. The maximum atomic E-state index is 10.9. The molecule has 0 bridgehead atoms. The van der Waals surface area contributed by atoms with E-state index in [1.165, 1.54) is 6.07 Å². The van der Waals surface area contributed by atoms with Crippen LogP contribution in [0.3, 0.4) is 0 Å². The van der Waals surface area contributed by atoms with E-state index in [9.17, 15) is 20.2 Å². The van der Waals surface area contributed by atoms with Crippen LogP contribution in [0, 0.1) is 20.2 Å². The molecule has 0 unspecified atom stereocenters. The molecule has 0 fully saturated rings. The predicted octanol–water partition coefficient (Wildman–Crippen LogP) is 2.78. The number of nitro groups is 2. The van der Waals surface area contributed by atoms with Crippen LogP contribution in [0.15, 0.2) is 18.2 Å². The first-order chi connectivity index (χ1) is 9.02. The summed E-state index contributed by atoms with van der Waals surface area (Å²) in [5.74, 6) is 0. The van der Waals surface area contributed by atoms with Crippen LogP contribution >= 0.6 is 0 Å². The Kier molecular flexibility index (Phi) is 5.23. The first-order valence-electron chi connectivity index (χ1n) is 6.22. The molecule has 1 rings (SSSR count). The van der Waals surface area contributed by atoms with Crippen molar-refractivity contribution in [3.05, 3.63) is 49.6 Å². The van der Waals surface area contributed by atoms with Crippen molar-refractivity contribution in [2.45, 2.75) is 39.5 Å². The summed E-state index contributed by atoms with van der Waals surface area (Å²) in [7, 11) is 0. The SMILES string of the molecule is CCCc1cccc(N([N+](=O)[O-])[N+](=O)[O-])c1CCC. The summed E-state index contributed by atoms with van der Waals surface area (Å²) in [5, 5.41) is 19.7. The number of hydrogen-bond donors (Lipinski definition) is 0. The summed E-state index contributed by atoms with van der Waals surface area (Å²) in [6, 6.07) is 4.92. The van der Waals surface area contributed by atoms with Crippen LogP contribution in [0.4, 0.5) is 5.69 Å². The second-order valence-corrected chi connectivity index (χ2v) is 4.18. The normalized spacial score (nSPS) is 10.2. The Labute approximate surface area is 111 Å². The van der Waals surface area contributed by atoms with Gasteiger partial charge in [-0.05, 0) is 30.0 Å². The van der Waals surface area contributed by atoms with Gasteiger partial charge in [-0.15, -0.1) is 0 Å². The molecule has 0 atom stereocenters. The molecule has 0 radical (unpaired) electrons. The maximum absolute atomic E-state index is 10.9. The van der Waals surface area contributed by atoms with Crippen molar-refractivity contribution in [2.75, 3.05) is 5.12 Å². The number of benzene rings is 1. The van der Waals surface area contributed by atoms with Gasteiger partial charge in [0.25, 0.3) is 0 Å². The lowest BCUT2D eigenvalue weighted by molar-refractivity contribution is -0.712. The Morgan fingerprint density at radius 2 is 1.63 bits per heavy atom. The monoisotopic (exact) mass is 267 g/mol. The number of rotatable bonds is 7. The van der Waals surface area contributed by atoms with Crippen LogP contribution in [0.5, 0.6) is 0 Å². The highest BCUT2D eigenvalue weighted by molar-refractivity contribution is 5.53. The molecule has 0 aliphatic carbocycles. The number of nitrogens with zero attached hydrogens (tertiary/aromatic N) is 3. The summed E-state index contributed by atoms with van der Waals surface area (Å²) >= 11 is 0. The number of aryl methyl sites for hydroxylation is 1. The summed E-state index contributed by atoms with van der Waals surface area (Å²) in [6.07, 6.45) is 3.00. The average Bonchev–Trinajstić information content (AvgIpc) is 2.32. The zero-order valence-corrected chi connectivity index (χ0v) is 11.0. The third-order valence-electron chi connectivity index (χ3n) is 2.79. The molecule has 7 nitrogen and oxygen atoms in total. The highest BCUT2D eigenvalue weighted by Gasteiger charge is 2.33. The largest absolute Gasteiger partial charge is 0.230 e. The minimum Gasteiger partial charge on any atom is -0.230 e. The average molecular weight is 267 g/mol. The van der Waals surface area contributed by atoms with Crippen molar-refractivity contribution in [3.8, 4) is 0 Å². The number of hydrogen-bond acceptors (Lipinski definition) is 4. The van der Waals surface area contributed by atoms with E-state index in [-0.39, 0.29) is 10.8 Å². The van der Waals surface area contributed by atoms with Gasteiger partial charge in [-0.2, -0.15) is 0 Å². The topological polar surface area (TPSA) is 89.5 Å². The molecule has 0 saturated heterocycles. The second-order valence-electron chi connectivity index (χ2n) is 4.18. The minimum atomic E-state index is -0.996. The molecule has 0 saturated carbocycles. The molecule has 0 spiro atoms. The van der Waals surface area contributed by atoms with Crippen molar-refractivity contribution in [3.63, 3.8) is 0 Å². The molecule has 1 aromatic rings. The molecule has 104 valence electrons. The van der Waals surface area contributed by atoms with Gasteiger partial charge in [-0.3, -0.25) is 0 Å². The fourth-order valence-corrected chi connectivity index (χ4v) is 2.09. The lowest BCUT2D eigenvalue weighted by Gasteiger charge is -2.13. The van der Waals surface area contributed by atoms with Gasteiger partial charge in [0.2, 0.25) is 10.1 Å². The maximum Gasteiger partial charge on any atom is 0.228 e. The van der Waals surface area contributed by atoms with Gasteiger partial charge in [0, 0.05) is 0 Å². The van der Waals surface area contributed by atoms with Crippen LogP contribution in [-0.2, 0) is 12.8 Å². The van der Waals surface area contributed by atoms with E-state index in [1.807, 2.05) is 19.9 Å². The van der Waals surface area contributed by atoms with Crippen LogP contribution in [0.1, 0.15) is 37.8 Å². The van der Waals surface area contributed by atoms with E-state index < -0.39 is 10.1 Å². The molecule has 0 aliphatic rings. The van der Waals surface area contributed by atoms with Gasteiger partial charge >= 0.3 is 0 Å². The predicted molar refractivity (Wildman–Crippen MR) is 70.9 cm³/mol. The fraction of sp³-hybridized carbons (Fsp3) is 0.500. The highest BCUT2D eigenvalue weighted by atomic mass is 16.8. The number of anilines is 1. The quantitative estimate of drug-likeness (QED) is 0.559. The summed E-state index contributed by atoms with van der Waals surface area (Å²) in [5.41, 5.74) is 1.69. The molecule has 0 aromatic heterocycles. The highest BCUT2D eigenvalue weighted by Crippen LogP contribution is 2.26. The Morgan fingerprint density at radius 1 is 1.05 bits per heavy atom. The van der Waals surface area contributed by atoms with E-state index in [1.54, 1.807) is 6.07 Å². The van der Waals surface area contributed by atoms with Crippen LogP contribution in [-0.4, -0.2) is 10.1 Å². The van der Waals surface area contributed by atoms with Crippen molar-refractivity contribution < 1.29 is 10.1 Å². The Balaban J connectivity index is 3.35. The first-order valence-corrected chi connectivity index (χ1v) is 6.22. The summed E-state index contributed by atoms with van der Waals surface area (Å²) in [4.78, 5) is 21.7. The molecular formula is C12H17N3O4. The van der Waals surface area contributed by atoms with Crippen molar-refractivity contribution >= 4 is 5.69 Å². The standard InChI is InChI=1S/C12H17N3O4/c1-3-6-10-8-5-9-12(11(10)7-4-2)13(14(16)17)15(18)19/h5,8-9H,3-4,6-7H2,1-2H3. The van der Waals surface area contributed by atoms with Gasteiger partial charge in [-0.25, -0.2) is 20.2 Å². The van der Waals surface area contributed by atoms with Gasteiger partial charge < -0.3 is 0 Å². The van der Waals surface area contributed by atoms with Gasteiger partial charge in [-0.1, -0.05) is 38.8 Å². The van der Waals surface area contributed by atoms with Gasteiger partial charge in [0.1, 0.15) is 0 Å². The molecule has 0 amide bonds. The van der Waals surface area contributed by atoms with E-state index >= 15 is 0 Å². The summed E-state index contributed by atoms with van der Waals surface area (Å²) in [6.45, 7) is 3.94. The van der Waals surface area contributed by atoms with E-state index in [2.05, 4.69) is 0 Å². The summed E-state index contributed by atoms with van der Waals surface area (Å²) < 4.78 is 0. The van der Waals surface area contributed by atoms with Gasteiger partial charge in [0.15, 0.2) is 10.8 Å². The third-order valence-corrected chi connectivity index (χ3v) is 2.79. The molecule has 0 heterocycles. The van der Waals surface area contributed by atoms with Crippen molar-refractivity contribution in [2.24, 2.45) is 0 Å². The molecule has 7 heteroatoms. The smallest absolute Gasteiger partial charge is 0.228 e. The van der Waals surface area contributed by atoms with E-state index in [4.69, 9.17) is 0 Å². The second kappa shape index (κ2) is 6.67. The lowest BCUT2D eigenvalue weighted by Crippen LogP contribution is -2.36. The van der Waals surface area contributed by atoms with E-state index in [0.717, 1.165) is 24.8 Å². The van der Waals surface area contributed by atoms with Crippen LogP contribution in [0.2, 0.25) is 0 Å². The molecule has 1 aromatic carbocycles. The lowest BCUT2D eigenvalue weighted by atomic mass is 9.98. The Morgan fingerprint density at radius 3 is 2.11 bits per heavy atom. The molecule has 0 N–H and O–H groups in total. The van der Waals surface area contributed by atoms with Crippen molar-refractivity contribution in [1.82, 2.24) is 0 Å². The zero-order valence-electron chi connectivity index (χ0n) is 11.0. The van der Waals surface area contributed by atoms with Gasteiger partial charge in [0.05, 0.1) is 0 Å². The molecular weight excluding hydrogens is 250 g/mol.